The molecule has 0 radical (unpaired) electrons. The number of nitrogens with two attached hydrogens (primary N) is 3. The molecular formula is C9H17N3O4. The molecule has 0 heterocycles. The zero-order valence-corrected chi connectivity index (χ0v) is 8.94. The third kappa shape index (κ3) is 2.63. The van der Waals surface area contributed by atoms with Crippen LogP contribution >= 0.6 is 0 Å². The zero-order chi connectivity index (χ0) is 12.8. The van der Waals surface area contributed by atoms with Crippen molar-refractivity contribution in [2.24, 2.45) is 22.6 Å². The quantitative estimate of drug-likeness (QED) is 0.348. The molecule has 0 amide bonds. The van der Waals surface area contributed by atoms with E-state index in [4.69, 9.17) is 22.3 Å². The van der Waals surface area contributed by atoms with E-state index < -0.39 is 36.0 Å². The van der Waals surface area contributed by atoms with Crippen molar-refractivity contribution in [3.8, 4) is 0 Å². The smallest absolute Gasteiger partial charge is 0.324 e. The van der Waals surface area contributed by atoms with Gasteiger partial charge in [0.2, 0.25) is 0 Å². The van der Waals surface area contributed by atoms with Crippen molar-refractivity contribution in [2.75, 3.05) is 19.6 Å². The van der Waals surface area contributed by atoms with Crippen molar-refractivity contribution in [1.29, 1.82) is 0 Å². The highest BCUT2D eigenvalue weighted by Gasteiger charge is 2.50. The highest BCUT2D eigenvalue weighted by atomic mass is 16.4. The van der Waals surface area contributed by atoms with Crippen LogP contribution in [-0.2, 0) is 14.4 Å². The lowest BCUT2D eigenvalue weighted by Crippen LogP contribution is -2.51. The van der Waals surface area contributed by atoms with Crippen molar-refractivity contribution in [2.45, 2.75) is 12.8 Å². The molecule has 0 saturated carbocycles. The Morgan fingerprint density at radius 1 is 1.00 bits per heavy atom. The first kappa shape index (κ1) is 14.7. The first-order chi connectivity index (χ1) is 7.47. The molecule has 0 bridgehead atoms. The lowest BCUT2D eigenvalue weighted by atomic mass is 9.75. The summed E-state index contributed by atoms with van der Waals surface area (Å²) in [5, 5.41) is 9.06. The molecule has 0 rings (SSSR count). The van der Waals surface area contributed by atoms with Crippen molar-refractivity contribution in [3.05, 3.63) is 0 Å². The number of hydrogen-bond acceptors (Lipinski definition) is 6. The highest BCUT2D eigenvalue weighted by Crippen LogP contribution is 2.26. The second kappa shape index (κ2) is 6.31. The maximum absolute atomic E-state index is 11.6. The van der Waals surface area contributed by atoms with Crippen LogP contribution in [0.2, 0.25) is 0 Å². The minimum atomic E-state index is -2.12. The van der Waals surface area contributed by atoms with E-state index in [1.165, 1.54) is 0 Å². The summed E-state index contributed by atoms with van der Waals surface area (Å²) in [4.78, 5) is 34.3. The van der Waals surface area contributed by atoms with Gasteiger partial charge in [-0.3, -0.25) is 14.4 Å². The Balaban J connectivity index is 5.30. The first-order valence-corrected chi connectivity index (χ1v) is 4.87. The lowest BCUT2D eigenvalue weighted by Gasteiger charge is -2.25. The molecule has 0 spiro atoms. The molecule has 16 heavy (non-hydrogen) atoms. The first-order valence-electron chi connectivity index (χ1n) is 4.87. The number of Topliss-reactive ketones (excluding diaryl/α,β-unsaturated/α-hetero) is 2. The van der Waals surface area contributed by atoms with Crippen molar-refractivity contribution < 1.29 is 19.5 Å². The van der Waals surface area contributed by atoms with E-state index >= 15 is 0 Å². The molecule has 0 atom stereocenters. The average molecular weight is 231 g/mol. The second-order valence-corrected chi connectivity index (χ2v) is 3.36. The van der Waals surface area contributed by atoms with Gasteiger partial charge in [-0.05, 0) is 19.4 Å². The van der Waals surface area contributed by atoms with Gasteiger partial charge < -0.3 is 22.3 Å². The predicted molar refractivity (Wildman–Crippen MR) is 56.5 cm³/mol. The molecule has 7 N–H and O–H groups in total. The fraction of sp³-hybridized carbons (Fsp3) is 0.667. The van der Waals surface area contributed by atoms with Crippen LogP contribution in [0.25, 0.3) is 0 Å². The monoisotopic (exact) mass is 231 g/mol. The molecule has 0 aliphatic rings. The highest BCUT2D eigenvalue weighted by molar-refractivity contribution is 6.22. The predicted octanol–water partition coefficient (Wildman–Crippen LogP) is -2.15. The molecular weight excluding hydrogens is 214 g/mol. The van der Waals surface area contributed by atoms with E-state index in [-0.39, 0.29) is 19.4 Å². The van der Waals surface area contributed by atoms with Crippen LogP contribution in [0.5, 0.6) is 0 Å². The fourth-order valence-corrected chi connectivity index (χ4v) is 1.50. The van der Waals surface area contributed by atoms with Crippen LogP contribution in [0.4, 0.5) is 0 Å². The van der Waals surface area contributed by atoms with Gasteiger partial charge in [-0.15, -0.1) is 0 Å². The average Bonchev–Trinajstić information content (AvgIpc) is 2.28. The molecule has 7 heteroatoms. The number of carboxylic acid groups (broad SMARTS) is 1. The van der Waals surface area contributed by atoms with Crippen molar-refractivity contribution in [3.63, 3.8) is 0 Å². The van der Waals surface area contributed by atoms with Crippen LogP contribution in [0.15, 0.2) is 0 Å². The summed E-state index contributed by atoms with van der Waals surface area (Å²) in [6, 6.07) is 0. The Morgan fingerprint density at radius 3 is 1.69 bits per heavy atom. The van der Waals surface area contributed by atoms with Gasteiger partial charge in [-0.2, -0.15) is 0 Å². The van der Waals surface area contributed by atoms with Crippen LogP contribution < -0.4 is 17.2 Å². The van der Waals surface area contributed by atoms with Crippen LogP contribution in [0.3, 0.4) is 0 Å². The van der Waals surface area contributed by atoms with Crippen LogP contribution in [0, 0.1) is 5.41 Å². The van der Waals surface area contributed by atoms with Gasteiger partial charge in [-0.25, -0.2) is 0 Å². The van der Waals surface area contributed by atoms with Gasteiger partial charge in [0.15, 0.2) is 17.0 Å². The molecule has 0 unspecified atom stereocenters. The van der Waals surface area contributed by atoms with Gasteiger partial charge in [0.05, 0.1) is 13.1 Å². The molecule has 0 aliphatic carbocycles. The number of carboxylic acids is 1. The van der Waals surface area contributed by atoms with E-state index in [1.54, 1.807) is 0 Å². The van der Waals surface area contributed by atoms with Gasteiger partial charge in [0.25, 0.3) is 0 Å². The lowest BCUT2D eigenvalue weighted by molar-refractivity contribution is -0.159. The Morgan fingerprint density at radius 2 is 1.44 bits per heavy atom. The Labute approximate surface area is 93.0 Å². The minimum Gasteiger partial charge on any atom is -0.480 e. The zero-order valence-electron chi connectivity index (χ0n) is 8.94. The summed E-state index contributed by atoms with van der Waals surface area (Å²) in [5.41, 5.74) is 13.4. The van der Waals surface area contributed by atoms with Crippen molar-refractivity contribution in [1.82, 2.24) is 0 Å². The molecule has 0 aromatic heterocycles. The number of carbonyl (C=O) groups is 3. The summed E-state index contributed by atoms with van der Waals surface area (Å²) in [6.45, 7) is -0.837. The standard InChI is InChI=1S/C9H17N3O4/c10-3-1-2-9(8(15)16,6(13)4-11)7(14)5-12/h1-5,10-12H2,(H,15,16). The van der Waals surface area contributed by atoms with Gasteiger partial charge in [0, 0.05) is 0 Å². The summed E-state index contributed by atoms with van der Waals surface area (Å²) in [7, 11) is 0. The van der Waals surface area contributed by atoms with Crippen LogP contribution in [0.1, 0.15) is 12.8 Å². The molecule has 7 nitrogen and oxygen atoms in total. The van der Waals surface area contributed by atoms with Gasteiger partial charge in [0.1, 0.15) is 0 Å². The SMILES string of the molecule is NCCCC(C(=O)O)(C(=O)CN)C(=O)CN. The number of ketones is 2. The fourth-order valence-electron chi connectivity index (χ4n) is 1.50. The van der Waals surface area contributed by atoms with Crippen molar-refractivity contribution >= 4 is 17.5 Å². The second-order valence-electron chi connectivity index (χ2n) is 3.36. The topological polar surface area (TPSA) is 150 Å². The summed E-state index contributed by atoms with van der Waals surface area (Å²) in [5.74, 6) is -3.17. The Hall–Kier alpha value is -1.31. The van der Waals surface area contributed by atoms with Crippen LogP contribution in [-0.4, -0.2) is 42.3 Å². The van der Waals surface area contributed by atoms with E-state index in [1.807, 2.05) is 0 Å². The molecule has 0 aromatic carbocycles. The van der Waals surface area contributed by atoms with E-state index in [9.17, 15) is 14.4 Å². The van der Waals surface area contributed by atoms with E-state index in [0.717, 1.165) is 0 Å². The number of hydrogen-bond donors (Lipinski definition) is 4. The summed E-state index contributed by atoms with van der Waals surface area (Å²) in [6.07, 6.45) is 0.0781. The molecule has 0 aromatic rings. The normalized spacial score (nSPS) is 11.2. The molecule has 0 aliphatic heterocycles. The summed E-state index contributed by atoms with van der Waals surface area (Å²) < 4.78 is 0. The Bertz CT molecular complexity index is 274. The third-order valence-electron chi connectivity index (χ3n) is 2.44. The third-order valence-corrected chi connectivity index (χ3v) is 2.44. The maximum Gasteiger partial charge on any atom is 0.324 e. The largest absolute Gasteiger partial charge is 0.480 e. The van der Waals surface area contributed by atoms with Gasteiger partial charge >= 0.3 is 5.97 Å². The number of aliphatic carboxylic acids is 1. The van der Waals surface area contributed by atoms with E-state index in [0.29, 0.717) is 0 Å². The molecule has 0 fully saturated rings. The number of carbonyl (C=O) groups excluding carboxylic acids is 2. The maximum atomic E-state index is 11.6. The molecule has 92 valence electrons. The minimum absolute atomic E-state index is 0.162. The summed E-state index contributed by atoms with van der Waals surface area (Å²) >= 11 is 0. The van der Waals surface area contributed by atoms with Gasteiger partial charge in [-0.1, -0.05) is 0 Å². The Kier molecular flexibility index (Phi) is 5.79. The van der Waals surface area contributed by atoms with E-state index in [2.05, 4.69) is 0 Å². The number of rotatable bonds is 8. The molecule has 0 saturated heterocycles.